The molecule has 7 nitrogen and oxygen atoms in total. The van der Waals surface area contributed by atoms with E-state index < -0.39 is 16.4 Å². The van der Waals surface area contributed by atoms with Crippen LogP contribution in [0.3, 0.4) is 0 Å². The van der Waals surface area contributed by atoms with E-state index in [1.54, 1.807) is 12.4 Å². The molecule has 8 heteroatoms. The number of anilines is 1. The Morgan fingerprint density at radius 3 is 2.59 bits per heavy atom. The van der Waals surface area contributed by atoms with E-state index in [1.165, 1.54) is 0 Å². The summed E-state index contributed by atoms with van der Waals surface area (Å²) >= 11 is 0. The quantitative estimate of drug-likeness (QED) is 0.366. The molecule has 188 valence electrons. The fourth-order valence-corrected chi connectivity index (χ4v) is 6.71. The number of rotatable bonds is 7. The van der Waals surface area contributed by atoms with Crippen molar-refractivity contribution in [1.82, 2.24) is 19.3 Å². The number of nitrogens with one attached hydrogen (secondary N) is 1. The van der Waals surface area contributed by atoms with Gasteiger partial charge in [-0.15, -0.1) is 0 Å². The summed E-state index contributed by atoms with van der Waals surface area (Å²) in [6.07, 6.45) is 8.14. The van der Waals surface area contributed by atoms with Crippen molar-refractivity contribution in [3.63, 3.8) is 0 Å². The molecule has 1 N–H and O–H groups in total. The Morgan fingerprint density at radius 2 is 1.84 bits per heavy atom. The fourth-order valence-electron chi connectivity index (χ4n) is 5.25. The predicted molar refractivity (Wildman–Crippen MR) is 145 cm³/mol. The molecule has 1 aliphatic carbocycles. The monoisotopic (exact) mass is 511 g/mol. The minimum atomic E-state index is -1.15. The molecular weight excluding hydrogens is 482 g/mol. The third kappa shape index (κ3) is 4.55. The first-order chi connectivity index (χ1) is 18.1. The molecule has 2 aromatic heterocycles. The summed E-state index contributed by atoms with van der Waals surface area (Å²) < 4.78 is 15.2. The van der Waals surface area contributed by atoms with Gasteiger partial charge in [0.1, 0.15) is 16.8 Å². The Balaban J connectivity index is 1.18. The number of carbonyl (C=O) groups is 1. The highest BCUT2D eigenvalue weighted by molar-refractivity contribution is 7.82. The van der Waals surface area contributed by atoms with Gasteiger partial charge in [0.05, 0.1) is 27.0 Å². The van der Waals surface area contributed by atoms with Crippen molar-refractivity contribution in [1.29, 1.82) is 0 Å². The average Bonchev–Trinajstić information content (AvgIpc) is 3.63. The van der Waals surface area contributed by atoms with Gasteiger partial charge in [-0.2, -0.15) is 0 Å². The van der Waals surface area contributed by atoms with Crippen LogP contribution in [0.25, 0.3) is 22.3 Å². The van der Waals surface area contributed by atoms with Gasteiger partial charge in [0.25, 0.3) is 0 Å². The van der Waals surface area contributed by atoms with Crippen LogP contribution in [0.4, 0.5) is 5.82 Å². The minimum absolute atomic E-state index is 0.0535. The Kier molecular flexibility index (Phi) is 6.30. The number of amides is 1. The van der Waals surface area contributed by atoms with Gasteiger partial charge in [0.2, 0.25) is 5.91 Å². The number of carbonyl (C=O) groups excluding carboxylic acids is 1. The first-order valence-corrected chi connectivity index (χ1v) is 14.0. The van der Waals surface area contributed by atoms with Crippen molar-refractivity contribution in [2.45, 2.75) is 55.4 Å². The Hall–Kier alpha value is -3.49. The summed E-state index contributed by atoms with van der Waals surface area (Å²) in [5.41, 5.74) is 3.69. The van der Waals surface area contributed by atoms with Crippen molar-refractivity contribution in [3.8, 4) is 11.3 Å². The Labute approximate surface area is 219 Å². The second-order valence-electron chi connectivity index (χ2n) is 9.82. The van der Waals surface area contributed by atoms with E-state index in [0.717, 1.165) is 71.4 Å². The lowest BCUT2D eigenvalue weighted by Gasteiger charge is -2.22. The number of hydrogen-bond donors (Lipinski definition) is 1. The van der Waals surface area contributed by atoms with Crippen molar-refractivity contribution in [3.05, 3.63) is 78.6 Å². The van der Waals surface area contributed by atoms with Crippen LogP contribution < -0.4 is 5.32 Å². The Morgan fingerprint density at radius 1 is 1.05 bits per heavy atom. The summed E-state index contributed by atoms with van der Waals surface area (Å²) in [4.78, 5) is 27.6. The molecule has 1 aliphatic heterocycles. The molecule has 6 rings (SSSR count). The second-order valence-corrected chi connectivity index (χ2v) is 11.3. The highest BCUT2D eigenvalue weighted by Crippen LogP contribution is 2.49. The normalized spacial score (nSPS) is 19.5. The van der Waals surface area contributed by atoms with Crippen molar-refractivity contribution < 1.29 is 9.00 Å². The molecule has 1 saturated carbocycles. The molecule has 1 unspecified atom stereocenters. The molecule has 3 heterocycles. The van der Waals surface area contributed by atoms with Crippen LogP contribution in [-0.4, -0.2) is 42.0 Å². The van der Waals surface area contributed by atoms with Crippen molar-refractivity contribution in [2.75, 3.05) is 11.9 Å². The van der Waals surface area contributed by atoms with Crippen molar-refractivity contribution in [2.24, 2.45) is 0 Å². The largest absolute Gasteiger partial charge is 0.310 e. The molecular formula is C29H29N5O2S. The van der Waals surface area contributed by atoms with Gasteiger partial charge in [-0.05, 0) is 74.1 Å². The highest BCUT2D eigenvalue weighted by atomic mass is 32.2. The maximum atomic E-state index is 13.4. The molecule has 0 spiro atoms. The lowest BCUT2D eigenvalue weighted by molar-refractivity contribution is -0.118. The maximum absolute atomic E-state index is 13.4. The van der Waals surface area contributed by atoms with E-state index in [9.17, 15) is 9.00 Å². The van der Waals surface area contributed by atoms with Gasteiger partial charge in [-0.3, -0.25) is 14.8 Å². The summed E-state index contributed by atoms with van der Waals surface area (Å²) in [5, 5.41) is 3.04. The first kappa shape index (κ1) is 23.9. The smallest absolute Gasteiger partial charge is 0.236 e. The minimum Gasteiger partial charge on any atom is -0.310 e. The predicted octanol–water partition coefficient (Wildman–Crippen LogP) is 5.26. The van der Waals surface area contributed by atoms with Crippen LogP contribution in [-0.2, 0) is 21.2 Å². The van der Waals surface area contributed by atoms with Gasteiger partial charge in [0, 0.05) is 30.5 Å². The molecule has 2 aliphatic rings. The number of nitrogens with zero attached hydrogens (tertiary/aromatic N) is 4. The number of benzene rings is 2. The van der Waals surface area contributed by atoms with E-state index in [0.29, 0.717) is 11.9 Å². The first-order valence-electron chi connectivity index (χ1n) is 12.9. The average molecular weight is 512 g/mol. The van der Waals surface area contributed by atoms with Crippen molar-refractivity contribution >= 4 is 33.7 Å². The molecule has 2 fully saturated rings. The summed E-state index contributed by atoms with van der Waals surface area (Å²) in [6, 6.07) is 19.6. The molecule has 37 heavy (non-hydrogen) atoms. The maximum Gasteiger partial charge on any atom is 0.236 e. The van der Waals surface area contributed by atoms with E-state index in [-0.39, 0.29) is 5.91 Å². The van der Waals surface area contributed by atoms with Crippen LogP contribution in [0.5, 0.6) is 0 Å². The zero-order valence-electron chi connectivity index (χ0n) is 20.8. The topological polar surface area (TPSA) is 88.1 Å². The van der Waals surface area contributed by atoms with Gasteiger partial charge < -0.3 is 5.32 Å². The third-order valence-corrected chi connectivity index (χ3v) is 9.14. The molecule has 0 bridgehead atoms. The third-order valence-electron chi connectivity index (χ3n) is 7.56. The lowest BCUT2D eigenvalue weighted by Crippen LogP contribution is -2.30. The van der Waals surface area contributed by atoms with E-state index in [2.05, 4.69) is 26.5 Å². The van der Waals surface area contributed by atoms with Crippen LogP contribution >= 0.6 is 0 Å². The fraction of sp³-hybridized carbons (Fsp3) is 0.310. The van der Waals surface area contributed by atoms with Crippen LogP contribution in [0.2, 0.25) is 0 Å². The summed E-state index contributed by atoms with van der Waals surface area (Å²) in [5.74, 6) is 0.465. The van der Waals surface area contributed by atoms with Crippen LogP contribution in [0, 0.1) is 0 Å². The van der Waals surface area contributed by atoms with Crippen LogP contribution in [0.15, 0.2) is 78.0 Å². The van der Waals surface area contributed by atoms with E-state index in [1.807, 2.05) is 60.7 Å². The molecule has 1 amide bonds. The number of fused-ring (bicyclic) bond motifs is 1. The lowest BCUT2D eigenvalue weighted by atomic mass is 9.94. The van der Waals surface area contributed by atoms with Crippen LogP contribution in [0.1, 0.15) is 44.6 Å². The Bertz CT molecular complexity index is 1490. The van der Waals surface area contributed by atoms with Gasteiger partial charge in [-0.1, -0.05) is 31.2 Å². The van der Waals surface area contributed by atoms with E-state index in [4.69, 9.17) is 4.98 Å². The zero-order valence-corrected chi connectivity index (χ0v) is 21.6. The molecule has 0 radical (unpaired) electrons. The molecule has 1 saturated heterocycles. The number of hydrogen-bond acceptors (Lipinski definition) is 5. The van der Waals surface area contributed by atoms with Gasteiger partial charge in [0.15, 0.2) is 0 Å². The summed E-state index contributed by atoms with van der Waals surface area (Å²) in [6.45, 7) is 3.03. The SMILES string of the molecule is CC[C@H]1CCCN1S(=O)c1ccc(-c2cccc(NC(=O)C3(c4ccc5nccnc5c4)CC3)n2)cc1. The second kappa shape index (κ2) is 9.76. The number of pyridine rings is 1. The highest BCUT2D eigenvalue weighted by Gasteiger charge is 2.51. The number of aromatic nitrogens is 3. The molecule has 2 aromatic carbocycles. The standard InChI is InChI=1S/C29H29N5O2S/c1-2-22-5-4-18-34(22)37(36)23-11-8-20(9-12-23)24-6-3-7-27(32-24)33-28(35)29(14-15-29)21-10-13-25-26(19-21)31-17-16-30-25/h3,6-13,16-17,19,22H,2,4-5,14-15,18H2,1H3,(H,32,33,35)/t22-,37?/m0/s1. The molecule has 2 atom stereocenters. The van der Waals surface area contributed by atoms with Gasteiger partial charge in [-0.25, -0.2) is 13.5 Å². The zero-order chi connectivity index (χ0) is 25.4. The molecule has 4 aromatic rings. The van der Waals surface area contributed by atoms with E-state index >= 15 is 0 Å². The van der Waals surface area contributed by atoms with Gasteiger partial charge >= 0.3 is 0 Å². The summed E-state index contributed by atoms with van der Waals surface area (Å²) in [7, 11) is -1.15.